The number of hydrogen-bond donors (Lipinski definition) is 1. The fraction of sp³-hybridized carbons (Fsp3) is 1.00. The highest BCUT2D eigenvalue weighted by atomic mass is 16.6. The second-order valence-corrected chi connectivity index (χ2v) is 4.89. The molecule has 0 unspecified atom stereocenters. The molecule has 15 heavy (non-hydrogen) atoms. The summed E-state index contributed by atoms with van der Waals surface area (Å²) in [5.41, 5.74) is 6.17. The summed E-state index contributed by atoms with van der Waals surface area (Å²) >= 11 is 0. The van der Waals surface area contributed by atoms with E-state index in [2.05, 4.69) is 0 Å². The molecule has 88 valence electrons. The second kappa shape index (κ2) is 5.83. The van der Waals surface area contributed by atoms with Gasteiger partial charge in [-0.25, -0.2) is 0 Å². The molecule has 0 amide bonds. The van der Waals surface area contributed by atoms with E-state index in [0.29, 0.717) is 13.2 Å². The molecule has 1 saturated carbocycles. The van der Waals surface area contributed by atoms with Gasteiger partial charge in [0.15, 0.2) is 0 Å². The van der Waals surface area contributed by atoms with Crippen LogP contribution in [-0.4, -0.2) is 32.0 Å². The van der Waals surface area contributed by atoms with Crippen LogP contribution in [0.4, 0.5) is 0 Å². The van der Waals surface area contributed by atoms with Gasteiger partial charge in [-0.1, -0.05) is 32.1 Å². The lowest BCUT2D eigenvalue weighted by Gasteiger charge is -2.31. The molecule has 2 aliphatic rings. The molecule has 0 aromatic heterocycles. The molecule has 0 bridgehead atoms. The van der Waals surface area contributed by atoms with E-state index in [-0.39, 0.29) is 12.1 Å². The highest BCUT2D eigenvalue weighted by Gasteiger charge is 2.25. The van der Waals surface area contributed by atoms with Crippen molar-refractivity contribution in [3.8, 4) is 0 Å². The SMILES string of the molecule is N[C@@H](CC1CCCCC1)[C@H]1COCCO1. The molecule has 0 spiro atoms. The van der Waals surface area contributed by atoms with Crippen LogP contribution in [-0.2, 0) is 9.47 Å². The van der Waals surface area contributed by atoms with E-state index in [0.717, 1.165) is 18.9 Å². The summed E-state index contributed by atoms with van der Waals surface area (Å²) in [4.78, 5) is 0. The Morgan fingerprint density at radius 3 is 2.60 bits per heavy atom. The van der Waals surface area contributed by atoms with Crippen molar-refractivity contribution in [1.29, 1.82) is 0 Å². The molecular formula is C12H23NO2. The Labute approximate surface area is 92.3 Å². The molecule has 0 aromatic carbocycles. The fourth-order valence-electron chi connectivity index (χ4n) is 2.71. The molecule has 0 radical (unpaired) electrons. The van der Waals surface area contributed by atoms with Crippen molar-refractivity contribution in [2.45, 2.75) is 50.7 Å². The maximum absolute atomic E-state index is 6.17. The van der Waals surface area contributed by atoms with Gasteiger partial charge in [0.05, 0.1) is 25.9 Å². The quantitative estimate of drug-likeness (QED) is 0.776. The van der Waals surface area contributed by atoms with E-state index in [9.17, 15) is 0 Å². The maximum atomic E-state index is 6.17. The van der Waals surface area contributed by atoms with Crippen LogP contribution in [0.15, 0.2) is 0 Å². The van der Waals surface area contributed by atoms with E-state index in [1.54, 1.807) is 0 Å². The zero-order chi connectivity index (χ0) is 10.5. The average molecular weight is 213 g/mol. The molecule has 1 aliphatic carbocycles. The Balaban J connectivity index is 1.72. The lowest BCUT2D eigenvalue weighted by molar-refractivity contribution is -0.0993. The first-order valence-electron chi connectivity index (χ1n) is 6.31. The van der Waals surface area contributed by atoms with Gasteiger partial charge in [0, 0.05) is 6.04 Å². The van der Waals surface area contributed by atoms with Crippen LogP contribution in [0.1, 0.15) is 38.5 Å². The van der Waals surface area contributed by atoms with Crippen LogP contribution < -0.4 is 5.73 Å². The van der Waals surface area contributed by atoms with Crippen LogP contribution in [0, 0.1) is 5.92 Å². The van der Waals surface area contributed by atoms with Gasteiger partial charge in [-0.2, -0.15) is 0 Å². The van der Waals surface area contributed by atoms with Gasteiger partial charge >= 0.3 is 0 Å². The number of rotatable bonds is 3. The summed E-state index contributed by atoms with van der Waals surface area (Å²) in [6.45, 7) is 2.13. The number of nitrogens with two attached hydrogens (primary N) is 1. The zero-order valence-electron chi connectivity index (χ0n) is 9.49. The highest BCUT2D eigenvalue weighted by molar-refractivity contribution is 4.79. The van der Waals surface area contributed by atoms with Gasteiger partial charge in [-0.15, -0.1) is 0 Å². The minimum absolute atomic E-state index is 0.140. The molecule has 1 aliphatic heterocycles. The molecule has 2 N–H and O–H groups in total. The topological polar surface area (TPSA) is 44.5 Å². The minimum Gasteiger partial charge on any atom is -0.376 e. The summed E-state index contributed by atoms with van der Waals surface area (Å²) in [6.07, 6.45) is 8.17. The predicted molar refractivity (Wildman–Crippen MR) is 59.7 cm³/mol. The van der Waals surface area contributed by atoms with E-state index >= 15 is 0 Å². The first kappa shape index (κ1) is 11.4. The normalized spacial score (nSPS) is 31.4. The van der Waals surface area contributed by atoms with Crippen molar-refractivity contribution in [2.75, 3.05) is 19.8 Å². The summed E-state index contributed by atoms with van der Waals surface area (Å²) in [7, 11) is 0. The smallest absolute Gasteiger partial charge is 0.0960 e. The molecule has 2 rings (SSSR count). The second-order valence-electron chi connectivity index (χ2n) is 4.89. The van der Waals surface area contributed by atoms with Gasteiger partial charge in [-0.05, 0) is 12.3 Å². The fourth-order valence-corrected chi connectivity index (χ4v) is 2.71. The summed E-state index contributed by atoms with van der Waals surface area (Å²) < 4.78 is 11.0. The third kappa shape index (κ3) is 3.44. The van der Waals surface area contributed by atoms with Crippen molar-refractivity contribution >= 4 is 0 Å². The van der Waals surface area contributed by atoms with Gasteiger partial charge in [0.1, 0.15) is 0 Å². The lowest BCUT2D eigenvalue weighted by Crippen LogP contribution is -2.44. The first-order valence-corrected chi connectivity index (χ1v) is 6.31. The Hall–Kier alpha value is -0.120. The Kier molecular flexibility index (Phi) is 4.42. The Morgan fingerprint density at radius 1 is 1.13 bits per heavy atom. The largest absolute Gasteiger partial charge is 0.376 e. The third-order valence-corrected chi connectivity index (χ3v) is 3.65. The number of hydrogen-bond acceptors (Lipinski definition) is 3. The standard InChI is InChI=1S/C12H23NO2/c13-11(12-9-14-6-7-15-12)8-10-4-2-1-3-5-10/h10-12H,1-9,13H2/t11-,12+/m0/s1. The van der Waals surface area contributed by atoms with Crippen molar-refractivity contribution in [1.82, 2.24) is 0 Å². The van der Waals surface area contributed by atoms with Crippen LogP contribution in [0.3, 0.4) is 0 Å². The lowest BCUT2D eigenvalue weighted by atomic mass is 9.84. The summed E-state index contributed by atoms with van der Waals surface area (Å²) in [5.74, 6) is 0.833. The molecule has 1 saturated heterocycles. The van der Waals surface area contributed by atoms with Crippen LogP contribution in [0.5, 0.6) is 0 Å². The molecule has 0 aromatic rings. The first-order chi connectivity index (χ1) is 7.36. The van der Waals surface area contributed by atoms with E-state index in [4.69, 9.17) is 15.2 Å². The Bertz CT molecular complexity index is 174. The van der Waals surface area contributed by atoms with Crippen molar-refractivity contribution < 1.29 is 9.47 Å². The van der Waals surface area contributed by atoms with Gasteiger partial charge in [-0.3, -0.25) is 0 Å². The molecule has 2 fully saturated rings. The van der Waals surface area contributed by atoms with E-state index in [1.807, 2.05) is 0 Å². The van der Waals surface area contributed by atoms with Crippen molar-refractivity contribution in [2.24, 2.45) is 11.7 Å². The van der Waals surface area contributed by atoms with Crippen LogP contribution >= 0.6 is 0 Å². The summed E-state index contributed by atoms with van der Waals surface area (Å²) in [6, 6.07) is 0.174. The molecular weight excluding hydrogens is 190 g/mol. The van der Waals surface area contributed by atoms with Crippen molar-refractivity contribution in [3.63, 3.8) is 0 Å². The van der Waals surface area contributed by atoms with Crippen molar-refractivity contribution in [3.05, 3.63) is 0 Å². The van der Waals surface area contributed by atoms with Gasteiger partial charge < -0.3 is 15.2 Å². The van der Waals surface area contributed by atoms with Crippen LogP contribution in [0.25, 0.3) is 0 Å². The zero-order valence-corrected chi connectivity index (χ0v) is 9.49. The maximum Gasteiger partial charge on any atom is 0.0960 e. The van der Waals surface area contributed by atoms with Gasteiger partial charge in [0.2, 0.25) is 0 Å². The molecule has 3 nitrogen and oxygen atoms in total. The average Bonchev–Trinajstić information content (AvgIpc) is 2.31. The Morgan fingerprint density at radius 2 is 1.93 bits per heavy atom. The van der Waals surface area contributed by atoms with E-state index in [1.165, 1.54) is 32.1 Å². The third-order valence-electron chi connectivity index (χ3n) is 3.65. The highest BCUT2D eigenvalue weighted by Crippen LogP contribution is 2.28. The van der Waals surface area contributed by atoms with E-state index < -0.39 is 0 Å². The monoisotopic (exact) mass is 213 g/mol. The number of ether oxygens (including phenoxy) is 2. The molecule has 2 atom stereocenters. The molecule has 3 heteroatoms. The molecule has 1 heterocycles. The van der Waals surface area contributed by atoms with Gasteiger partial charge in [0.25, 0.3) is 0 Å². The predicted octanol–water partition coefficient (Wildman–Crippen LogP) is 1.70. The summed E-state index contributed by atoms with van der Waals surface area (Å²) in [5, 5.41) is 0. The van der Waals surface area contributed by atoms with Crippen LogP contribution in [0.2, 0.25) is 0 Å². The minimum atomic E-state index is 0.140.